The van der Waals surface area contributed by atoms with Crippen molar-refractivity contribution < 1.29 is 0 Å². The van der Waals surface area contributed by atoms with Gasteiger partial charge in [-0.15, -0.1) is 0 Å². The lowest BCUT2D eigenvalue weighted by atomic mass is 10.1. The number of hydrogen-bond acceptors (Lipinski definition) is 3. The van der Waals surface area contributed by atoms with Crippen molar-refractivity contribution >= 4 is 40.2 Å². The molecule has 0 aliphatic rings. The molecule has 0 aliphatic heterocycles. The Hall–Kier alpha value is -1.65. The summed E-state index contributed by atoms with van der Waals surface area (Å²) < 4.78 is 0. The molecule has 0 saturated carbocycles. The van der Waals surface area contributed by atoms with Gasteiger partial charge in [0.25, 0.3) is 0 Å². The number of aromatic nitrogens is 1. The van der Waals surface area contributed by atoms with Crippen LogP contribution in [0, 0.1) is 6.92 Å². The lowest BCUT2D eigenvalue weighted by Crippen LogP contribution is -2.12. The van der Waals surface area contributed by atoms with E-state index in [9.17, 15) is 0 Å². The van der Waals surface area contributed by atoms with Crippen molar-refractivity contribution in [2.75, 3.05) is 5.32 Å². The van der Waals surface area contributed by atoms with Crippen LogP contribution < -0.4 is 11.1 Å². The Balaban J connectivity index is 2.41. The third-order valence-electron chi connectivity index (χ3n) is 2.56. The van der Waals surface area contributed by atoms with Gasteiger partial charge in [-0.05, 0) is 36.8 Å². The van der Waals surface area contributed by atoms with Gasteiger partial charge in [0.05, 0.1) is 11.9 Å². The zero-order valence-electron chi connectivity index (χ0n) is 9.77. The standard InChI is InChI=1S/C13H12ClN3S/c1-8-4-5-16-7-12(8)17-11-3-2-9(14)6-10(11)13(15)18/h2-7,17H,1H3,(H2,15,18). The second kappa shape index (κ2) is 5.33. The molecule has 0 bridgehead atoms. The van der Waals surface area contributed by atoms with E-state index in [2.05, 4.69) is 10.3 Å². The average molecular weight is 278 g/mol. The van der Waals surface area contributed by atoms with Gasteiger partial charge in [0, 0.05) is 22.5 Å². The van der Waals surface area contributed by atoms with Crippen molar-refractivity contribution in [3.8, 4) is 0 Å². The number of aryl methyl sites for hydroxylation is 1. The molecule has 2 aromatic rings. The monoisotopic (exact) mass is 277 g/mol. The molecule has 0 saturated heterocycles. The van der Waals surface area contributed by atoms with E-state index in [1.54, 1.807) is 24.5 Å². The zero-order chi connectivity index (χ0) is 13.1. The minimum absolute atomic E-state index is 0.307. The normalized spacial score (nSPS) is 10.1. The minimum Gasteiger partial charge on any atom is -0.389 e. The van der Waals surface area contributed by atoms with Crippen LogP contribution in [-0.4, -0.2) is 9.97 Å². The minimum atomic E-state index is 0.307. The maximum absolute atomic E-state index is 5.94. The number of rotatable bonds is 3. The van der Waals surface area contributed by atoms with Crippen LogP contribution in [-0.2, 0) is 0 Å². The van der Waals surface area contributed by atoms with E-state index in [1.165, 1.54) is 0 Å². The van der Waals surface area contributed by atoms with Gasteiger partial charge in [0.1, 0.15) is 4.99 Å². The van der Waals surface area contributed by atoms with Crippen LogP contribution in [0.25, 0.3) is 0 Å². The number of hydrogen-bond donors (Lipinski definition) is 2. The first-order chi connectivity index (χ1) is 8.58. The quantitative estimate of drug-likeness (QED) is 0.844. The molecule has 2 rings (SSSR count). The summed E-state index contributed by atoms with van der Waals surface area (Å²) in [6.07, 6.45) is 3.50. The molecule has 0 amide bonds. The van der Waals surface area contributed by atoms with Crippen molar-refractivity contribution in [3.05, 3.63) is 52.8 Å². The number of nitrogens with two attached hydrogens (primary N) is 1. The molecule has 0 radical (unpaired) electrons. The predicted octanol–water partition coefficient (Wildman–Crippen LogP) is 3.42. The number of benzene rings is 1. The van der Waals surface area contributed by atoms with E-state index in [1.807, 2.05) is 19.1 Å². The highest BCUT2D eigenvalue weighted by molar-refractivity contribution is 7.80. The van der Waals surface area contributed by atoms with Crippen LogP contribution >= 0.6 is 23.8 Å². The summed E-state index contributed by atoms with van der Waals surface area (Å²) in [5.74, 6) is 0. The molecule has 0 spiro atoms. The van der Waals surface area contributed by atoms with Crippen LogP contribution in [0.5, 0.6) is 0 Å². The summed E-state index contributed by atoms with van der Waals surface area (Å²) in [5.41, 5.74) is 9.24. The summed E-state index contributed by atoms with van der Waals surface area (Å²) in [6, 6.07) is 7.32. The van der Waals surface area contributed by atoms with Gasteiger partial charge >= 0.3 is 0 Å². The number of thiocarbonyl (C=S) groups is 1. The van der Waals surface area contributed by atoms with Crippen LogP contribution in [0.1, 0.15) is 11.1 Å². The first-order valence-electron chi connectivity index (χ1n) is 5.35. The molecule has 3 nitrogen and oxygen atoms in total. The largest absolute Gasteiger partial charge is 0.389 e. The molecule has 0 aliphatic carbocycles. The Bertz CT molecular complexity index is 599. The molecule has 92 valence electrons. The molecule has 1 aromatic heterocycles. The first kappa shape index (κ1) is 12.8. The Morgan fingerprint density at radius 1 is 1.33 bits per heavy atom. The Kier molecular flexibility index (Phi) is 3.79. The lowest BCUT2D eigenvalue weighted by molar-refractivity contribution is 1.28. The second-order valence-corrected chi connectivity index (χ2v) is 4.75. The highest BCUT2D eigenvalue weighted by atomic mass is 35.5. The number of nitrogens with one attached hydrogen (secondary N) is 1. The van der Waals surface area contributed by atoms with Crippen molar-refractivity contribution in [2.45, 2.75) is 6.92 Å². The highest BCUT2D eigenvalue weighted by Gasteiger charge is 2.07. The van der Waals surface area contributed by atoms with Crippen molar-refractivity contribution in [1.82, 2.24) is 4.98 Å². The van der Waals surface area contributed by atoms with Crippen LogP contribution in [0.15, 0.2) is 36.7 Å². The number of nitrogens with zero attached hydrogens (tertiary/aromatic N) is 1. The van der Waals surface area contributed by atoms with E-state index >= 15 is 0 Å². The average Bonchev–Trinajstić information content (AvgIpc) is 2.34. The van der Waals surface area contributed by atoms with Crippen molar-refractivity contribution in [3.63, 3.8) is 0 Å². The molecular weight excluding hydrogens is 266 g/mol. The number of pyridine rings is 1. The molecule has 0 fully saturated rings. The smallest absolute Gasteiger partial charge is 0.106 e. The fraction of sp³-hybridized carbons (Fsp3) is 0.0769. The maximum Gasteiger partial charge on any atom is 0.106 e. The van der Waals surface area contributed by atoms with Gasteiger partial charge in [0.2, 0.25) is 0 Å². The molecule has 0 unspecified atom stereocenters. The van der Waals surface area contributed by atoms with Crippen molar-refractivity contribution in [1.29, 1.82) is 0 Å². The van der Waals surface area contributed by atoms with E-state index in [4.69, 9.17) is 29.6 Å². The molecule has 18 heavy (non-hydrogen) atoms. The van der Waals surface area contributed by atoms with Gasteiger partial charge in [0.15, 0.2) is 0 Å². The summed E-state index contributed by atoms with van der Waals surface area (Å²) in [4.78, 5) is 4.39. The fourth-order valence-corrected chi connectivity index (χ4v) is 1.91. The first-order valence-corrected chi connectivity index (χ1v) is 6.13. The third kappa shape index (κ3) is 2.78. The highest BCUT2D eigenvalue weighted by Crippen LogP contribution is 2.25. The lowest BCUT2D eigenvalue weighted by Gasteiger charge is -2.13. The van der Waals surface area contributed by atoms with E-state index < -0.39 is 0 Å². The third-order valence-corrected chi connectivity index (χ3v) is 3.01. The molecular formula is C13H12ClN3S. The topological polar surface area (TPSA) is 50.9 Å². The molecule has 1 aromatic carbocycles. The molecule has 5 heteroatoms. The van der Waals surface area contributed by atoms with Crippen LogP contribution in [0.3, 0.4) is 0 Å². The molecule has 0 atom stereocenters. The summed E-state index contributed by atoms with van der Waals surface area (Å²) in [7, 11) is 0. The number of halogens is 1. The van der Waals surface area contributed by atoms with Gasteiger partial charge in [-0.2, -0.15) is 0 Å². The molecule has 1 heterocycles. The number of anilines is 2. The van der Waals surface area contributed by atoms with E-state index in [0.29, 0.717) is 10.0 Å². The van der Waals surface area contributed by atoms with Crippen molar-refractivity contribution in [2.24, 2.45) is 5.73 Å². The Labute approximate surface area is 116 Å². The summed E-state index contributed by atoms with van der Waals surface area (Å²) in [6.45, 7) is 2.00. The van der Waals surface area contributed by atoms with Gasteiger partial charge in [-0.25, -0.2) is 0 Å². The predicted molar refractivity (Wildman–Crippen MR) is 79.6 cm³/mol. The van der Waals surface area contributed by atoms with Gasteiger partial charge < -0.3 is 11.1 Å². The van der Waals surface area contributed by atoms with Gasteiger partial charge in [-0.3, -0.25) is 4.98 Å². The second-order valence-electron chi connectivity index (χ2n) is 3.87. The van der Waals surface area contributed by atoms with E-state index in [0.717, 1.165) is 22.5 Å². The van der Waals surface area contributed by atoms with Crippen LogP contribution in [0.4, 0.5) is 11.4 Å². The Morgan fingerprint density at radius 3 is 2.78 bits per heavy atom. The summed E-state index contributed by atoms with van der Waals surface area (Å²) >= 11 is 11.0. The maximum atomic E-state index is 5.94. The molecule has 3 N–H and O–H groups in total. The SMILES string of the molecule is Cc1ccncc1Nc1ccc(Cl)cc1C(N)=S. The fourth-order valence-electron chi connectivity index (χ4n) is 1.57. The van der Waals surface area contributed by atoms with Gasteiger partial charge in [-0.1, -0.05) is 23.8 Å². The van der Waals surface area contributed by atoms with E-state index in [-0.39, 0.29) is 0 Å². The summed E-state index contributed by atoms with van der Waals surface area (Å²) in [5, 5.41) is 3.86. The van der Waals surface area contributed by atoms with Crippen LogP contribution in [0.2, 0.25) is 5.02 Å². The zero-order valence-corrected chi connectivity index (χ0v) is 11.3. The Morgan fingerprint density at radius 2 is 2.11 bits per heavy atom.